The lowest BCUT2D eigenvalue weighted by Gasteiger charge is -2.07. The minimum absolute atomic E-state index is 0.0514. The number of carbonyl (C=O) groups excluding carboxylic acids is 1. The van der Waals surface area contributed by atoms with Crippen LogP contribution in [-0.4, -0.2) is 10.9 Å². The fraction of sp³-hybridized carbons (Fsp3) is 0.111. The Morgan fingerprint density at radius 2 is 1.90 bits per heavy atom. The molecule has 21 heavy (non-hydrogen) atoms. The number of hydrogen-bond donors (Lipinski definition) is 1. The molecule has 0 atom stereocenters. The van der Waals surface area contributed by atoms with Gasteiger partial charge in [0.05, 0.1) is 6.42 Å². The van der Waals surface area contributed by atoms with Crippen LogP contribution in [0.2, 0.25) is 0 Å². The topological polar surface area (TPSA) is 42.0 Å². The Labute approximate surface area is 123 Å². The Hall–Kier alpha value is -2.68. The molecule has 0 aliphatic heterocycles. The second kappa shape index (κ2) is 5.75. The van der Waals surface area contributed by atoms with E-state index in [0.717, 1.165) is 21.9 Å². The van der Waals surface area contributed by atoms with Gasteiger partial charge in [-0.15, -0.1) is 0 Å². The van der Waals surface area contributed by atoms with Crippen LogP contribution in [0.4, 0.5) is 5.82 Å². The van der Waals surface area contributed by atoms with Gasteiger partial charge in [-0.1, -0.05) is 42.5 Å². The molecule has 1 N–H and O–H groups in total. The molecule has 0 saturated carbocycles. The summed E-state index contributed by atoms with van der Waals surface area (Å²) in [5.41, 5.74) is 2.10. The van der Waals surface area contributed by atoms with Crippen LogP contribution < -0.4 is 5.32 Å². The molecule has 3 aromatic rings. The Morgan fingerprint density at radius 3 is 2.76 bits per heavy atom. The predicted molar refractivity (Wildman–Crippen MR) is 85.3 cm³/mol. The molecule has 1 amide bonds. The second-order valence-electron chi connectivity index (χ2n) is 5.08. The van der Waals surface area contributed by atoms with E-state index in [9.17, 15) is 4.79 Å². The van der Waals surface area contributed by atoms with Crippen molar-refractivity contribution in [2.24, 2.45) is 0 Å². The molecule has 2 aromatic carbocycles. The van der Waals surface area contributed by atoms with Crippen molar-refractivity contribution in [3.8, 4) is 0 Å². The zero-order valence-electron chi connectivity index (χ0n) is 11.8. The highest BCUT2D eigenvalue weighted by Crippen LogP contribution is 2.19. The number of fused-ring (bicyclic) bond motifs is 1. The molecule has 0 fully saturated rings. The minimum atomic E-state index is -0.0514. The van der Waals surface area contributed by atoms with Crippen molar-refractivity contribution in [3.05, 3.63) is 71.9 Å². The van der Waals surface area contributed by atoms with Gasteiger partial charge in [0, 0.05) is 6.20 Å². The van der Waals surface area contributed by atoms with E-state index < -0.39 is 0 Å². The molecule has 0 bridgehead atoms. The van der Waals surface area contributed by atoms with E-state index >= 15 is 0 Å². The first-order valence-electron chi connectivity index (χ1n) is 6.91. The summed E-state index contributed by atoms with van der Waals surface area (Å²) in [6.45, 7) is 1.97. The standard InChI is InChI=1S/C18H16N2O/c1-13-9-10-19-17(11-13)20-18(21)12-15-7-4-6-14-5-2-3-8-16(14)15/h2-11H,12H2,1H3,(H,19,20,21). The van der Waals surface area contributed by atoms with Gasteiger partial charge in [0.15, 0.2) is 0 Å². The third-order valence-electron chi connectivity index (χ3n) is 3.41. The van der Waals surface area contributed by atoms with Gasteiger partial charge in [0.2, 0.25) is 5.91 Å². The Morgan fingerprint density at radius 1 is 1.10 bits per heavy atom. The second-order valence-corrected chi connectivity index (χ2v) is 5.08. The number of carbonyl (C=O) groups is 1. The van der Waals surface area contributed by atoms with Gasteiger partial charge in [-0.25, -0.2) is 4.98 Å². The summed E-state index contributed by atoms with van der Waals surface area (Å²) < 4.78 is 0. The zero-order valence-corrected chi connectivity index (χ0v) is 11.8. The van der Waals surface area contributed by atoms with Gasteiger partial charge >= 0.3 is 0 Å². The number of hydrogen-bond acceptors (Lipinski definition) is 2. The Bertz CT molecular complexity index is 791. The minimum Gasteiger partial charge on any atom is -0.310 e. The monoisotopic (exact) mass is 276 g/mol. The molecule has 0 saturated heterocycles. The lowest BCUT2D eigenvalue weighted by Crippen LogP contribution is -2.15. The van der Waals surface area contributed by atoms with Gasteiger partial charge < -0.3 is 5.32 Å². The van der Waals surface area contributed by atoms with E-state index in [1.54, 1.807) is 6.20 Å². The van der Waals surface area contributed by atoms with Gasteiger partial charge in [-0.3, -0.25) is 4.79 Å². The number of anilines is 1. The summed E-state index contributed by atoms with van der Waals surface area (Å²) in [5, 5.41) is 5.11. The summed E-state index contributed by atoms with van der Waals surface area (Å²) in [6, 6.07) is 17.9. The number of rotatable bonds is 3. The highest BCUT2D eigenvalue weighted by Gasteiger charge is 2.07. The summed E-state index contributed by atoms with van der Waals surface area (Å²) in [7, 11) is 0. The highest BCUT2D eigenvalue weighted by molar-refractivity contribution is 5.95. The first-order chi connectivity index (χ1) is 10.2. The predicted octanol–water partition coefficient (Wildman–Crippen LogP) is 3.72. The Balaban J connectivity index is 1.80. The third kappa shape index (κ3) is 3.08. The van der Waals surface area contributed by atoms with Crippen LogP contribution in [0.5, 0.6) is 0 Å². The number of amides is 1. The van der Waals surface area contributed by atoms with Crippen molar-refractivity contribution in [2.45, 2.75) is 13.3 Å². The van der Waals surface area contributed by atoms with Crippen molar-refractivity contribution in [2.75, 3.05) is 5.32 Å². The molecule has 0 spiro atoms. The van der Waals surface area contributed by atoms with Gasteiger partial charge in [0.25, 0.3) is 0 Å². The van der Waals surface area contributed by atoms with E-state index in [1.165, 1.54) is 0 Å². The molecule has 104 valence electrons. The normalized spacial score (nSPS) is 10.5. The maximum absolute atomic E-state index is 12.2. The van der Waals surface area contributed by atoms with E-state index in [-0.39, 0.29) is 5.91 Å². The van der Waals surface area contributed by atoms with Crippen LogP contribution in [0.3, 0.4) is 0 Å². The smallest absolute Gasteiger partial charge is 0.229 e. The van der Waals surface area contributed by atoms with E-state index in [4.69, 9.17) is 0 Å². The van der Waals surface area contributed by atoms with Gasteiger partial charge in [0.1, 0.15) is 5.82 Å². The van der Waals surface area contributed by atoms with E-state index in [0.29, 0.717) is 12.2 Å². The first-order valence-corrected chi connectivity index (χ1v) is 6.91. The maximum Gasteiger partial charge on any atom is 0.229 e. The quantitative estimate of drug-likeness (QED) is 0.792. The molecule has 0 aliphatic carbocycles. The van der Waals surface area contributed by atoms with Crippen LogP contribution in [0.15, 0.2) is 60.8 Å². The van der Waals surface area contributed by atoms with E-state index in [2.05, 4.69) is 22.4 Å². The molecule has 1 aromatic heterocycles. The SMILES string of the molecule is Cc1ccnc(NC(=O)Cc2cccc3ccccc23)c1. The fourth-order valence-corrected chi connectivity index (χ4v) is 2.41. The molecule has 0 aliphatic rings. The van der Waals surface area contributed by atoms with Crippen molar-refractivity contribution in [1.29, 1.82) is 0 Å². The van der Waals surface area contributed by atoms with Crippen LogP contribution in [0, 0.1) is 6.92 Å². The summed E-state index contributed by atoms with van der Waals surface area (Å²) in [4.78, 5) is 16.3. The average molecular weight is 276 g/mol. The summed E-state index contributed by atoms with van der Waals surface area (Å²) in [6.07, 6.45) is 2.04. The third-order valence-corrected chi connectivity index (χ3v) is 3.41. The van der Waals surface area contributed by atoms with Crippen LogP contribution in [0.25, 0.3) is 10.8 Å². The van der Waals surface area contributed by atoms with Crippen LogP contribution >= 0.6 is 0 Å². The molecule has 3 rings (SSSR count). The van der Waals surface area contributed by atoms with Crippen molar-refractivity contribution in [1.82, 2.24) is 4.98 Å². The van der Waals surface area contributed by atoms with Crippen LogP contribution in [0.1, 0.15) is 11.1 Å². The number of aryl methyl sites for hydroxylation is 1. The molecule has 3 heteroatoms. The number of aromatic nitrogens is 1. The lowest BCUT2D eigenvalue weighted by molar-refractivity contribution is -0.115. The molecule has 1 heterocycles. The molecule has 0 unspecified atom stereocenters. The number of benzene rings is 2. The summed E-state index contributed by atoms with van der Waals surface area (Å²) in [5.74, 6) is 0.546. The fourth-order valence-electron chi connectivity index (χ4n) is 2.41. The van der Waals surface area contributed by atoms with Crippen molar-refractivity contribution >= 4 is 22.5 Å². The summed E-state index contributed by atoms with van der Waals surface area (Å²) >= 11 is 0. The van der Waals surface area contributed by atoms with Crippen molar-refractivity contribution in [3.63, 3.8) is 0 Å². The highest BCUT2D eigenvalue weighted by atomic mass is 16.1. The Kier molecular flexibility index (Phi) is 3.65. The number of pyridine rings is 1. The number of nitrogens with zero attached hydrogens (tertiary/aromatic N) is 1. The largest absolute Gasteiger partial charge is 0.310 e. The molecular weight excluding hydrogens is 260 g/mol. The molecule has 3 nitrogen and oxygen atoms in total. The van der Waals surface area contributed by atoms with Crippen LogP contribution in [-0.2, 0) is 11.2 Å². The van der Waals surface area contributed by atoms with Gasteiger partial charge in [-0.05, 0) is 41.0 Å². The molecular formula is C18H16N2O. The van der Waals surface area contributed by atoms with Crippen molar-refractivity contribution < 1.29 is 4.79 Å². The lowest BCUT2D eigenvalue weighted by atomic mass is 10.0. The molecule has 0 radical (unpaired) electrons. The zero-order chi connectivity index (χ0) is 14.7. The average Bonchev–Trinajstić information content (AvgIpc) is 2.47. The first kappa shape index (κ1) is 13.3. The maximum atomic E-state index is 12.2. The number of nitrogens with one attached hydrogen (secondary N) is 1. The van der Waals surface area contributed by atoms with Gasteiger partial charge in [-0.2, -0.15) is 0 Å². The van der Waals surface area contributed by atoms with E-state index in [1.807, 2.05) is 49.4 Å².